The fourth-order valence-electron chi connectivity index (χ4n) is 3.54. The Morgan fingerprint density at radius 2 is 2.00 bits per heavy atom. The molecule has 0 aliphatic heterocycles. The molecule has 4 rings (SSSR count). The molecule has 0 saturated carbocycles. The van der Waals surface area contributed by atoms with E-state index in [0.29, 0.717) is 29.7 Å². The molecule has 0 spiro atoms. The van der Waals surface area contributed by atoms with Crippen molar-refractivity contribution < 1.29 is 22.4 Å². The predicted molar refractivity (Wildman–Crippen MR) is 92.4 cm³/mol. The SMILES string of the molecule is O=C(NCCn1nc(C(F)(F)F)c2c1CCCC2)c1cc2ccccc2o1. The number of carbonyl (C=O) groups is 1. The smallest absolute Gasteiger partial charge is 0.435 e. The van der Waals surface area contributed by atoms with Crippen LogP contribution in [0.5, 0.6) is 0 Å². The van der Waals surface area contributed by atoms with Crippen LogP contribution in [-0.2, 0) is 25.6 Å². The van der Waals surface area contributed by atoms with Crippen molar-refractivity contribution in [3.63, 3.8) is 0 Å². The van der Waals surface area contributed by atoms with E-state index in [1.165, 1.54) is 4.68 Å². The number of furan rings is 1. The van der Waals surface area contributed by atoms with Crippen molar-refractivity contribution in [2.45, 2.75) is 38.4 Å². The Morgan fingerprint density at radius 3 is 2.78 bits per heavy atom. The number of carbonyl (C=O) groups excluding carboxylic acids is 1. The molecule has 142 valence electrons. The Hall–Kier alpha value is -2.77. The monoisotopic (exact) mass is 377 g/mol. The van der Waals surface area contributed by atoms with E-state index in [2.05, 4.69) is 10.4 Å². The Kier molecular flexibility index (Phi) is 4.41. The highest BCUT2D eigenvalue weighted by Crippen LogP contribution is 2.35. The molecule has 1 aliphatic carbocycles. The number of fused-ring (bicyclic) bond motifs is 2. The maximum atomic E-state index is 13.2. The van der Waals surface area contributed by atoms with Gasteiger partial charge in [0.2, 0.25) is 0 Å². The Morgan fingerprint density at radius 1 is 1.22 bits per heavy atom. The zero-order valence-corrected chi connectivity index (χ0v) is 14.5. The summed E-state index contributed by atoms with van der Waals surface area (Å²) in [4.78, 5) is 12.2. The van der Waals surface area contributed by atoms with Crippen LogP contribution in [0.3, 0.4) is 0 Å². The molecule has 8 heteroatoms. The summed E-state index contributed by atoms with van der Waals surface area (Å²) in [6, 6.07) is 8.90. The average molecular weight is 377 g/mol. The highest BCUT2D eigenvalue weighted by Gasteiger charge is 2.39. The molecule has 1 amide bonds. The number of hydrogen-bond acceptors (Lipinski definition) is 3. The summed E-state index contributed by atoms with van der Waals surface area (Å²) in [5.74, 6) is -0.224. The lowest BCUT2D eigenvalue weighted by Gasteiger charge is -2.14. The molecule has 3 aromatic rings. The number of hydrogen-bond donors (Lipinski definition) is 1. The predicted octanol–water partition coefficient (Wildman–Crippen LogP) is 3.96. The van der Waals surface area contributed by atoms with Crippen LogP contribution in [0.1, 0.15) is 40.3 Å². The molecule has 1 aliphatic rings. The largest absolute Gasteiger partial charge is 0.451 e. The standard InChI is InChI=1S/C19H18F3N3O2/c20-19(21,22)17-13-6-2-3-7-14(13)25(24-17)10-9-23-18(26)16-11-12-5-1-4-8-15(12)27-16/h1,4-5,8,11H,2-3,6-7,9-10H2,(H,23,26). The Balaban J connectivity index is 1.46. The normalized spacial score (nSPS) is 14.3. The lowest BCUT2D eigenvalue weighted by Crippen LogP contribution is -2.28. The van der Waals surface area contributed by atoms with E-state index >= 15 is 0 Å². The van der Waals surface area contributed by atoms with Crippen molar-refractivity contribution in [3.05, 3.63) is 53.0 Å². The van der Waals surface area contributed by atoms with Gasteiger partial charge in [0.15, 0.2) is 11.5 Å². The number of amides is 1. The second-order valence-corrected chi connectivity index (χ2v) is 6.61. The number of nitrogens with zero attached hydrogens (tertiary/aromatic N) is 2. The van der Waals surface area contributed by atoms with E-state index in [1.807, 2.05) is 18.2 Å². The maximum Gasteiger partial charge on any atom is 0.435 e. The van der Waals surface area contributed by atoms with E-state index in [0.717, 1.165) is 18.2 Å². The summed E-state index contributed by atoms with van der Waals surface area (Å²) >= 11 is 0. The first-order valence-corrected chi connectivity index (χ1v) is 8.86. The zero-order valence-electron chi connectivity index (χ0n) is 14.5. The second kappa shape index (κ2) is 6.75. The lowest BCUT2D eigenvalue weighted by atomic mass is 9.95. The van der Waals surface area contributed by atoms with Gasteiger partial charge in [-0.3, -0.25) is 9.48 Å². The first-order chi connectivity index (χ1) is 12.9. The van der Waals surface area contributed by atoms with Crippen molar-refractivity contribution in [1.29, 1.82) is 0 Å². The summed E-state index contributed by atoms with van der Waals surface area (Å²) in [5, 5.41) is 7.29. The fraction of sp³-hybridized carbons (Fsp3) is 0.368. The van der Waals surface area contributed by atoms with E-state index in [1.54, 1.807) is 12.1 Å². The maximum absolute atomic E-state index is 13.2. The highest BCUT2D eigenvalue weighted by molar-refractivity contribution is 5.96. The van der Waals surface area contributed by atoms with E-state index in [-0.39, 0.29) is 18.8 Å². The summed E-state index contributed by atoms with van der Waals surface area (Å²) in [7, 11) is 0. The van der Waals surface area contributed by atoms with Gasteiger partial charge in [-0.1, -0.05) is 18.2 Å². The van der Waals surface area contributed by atoms with Gasteiger partial charge in [0.1, 0.15) is 5.58 Å². The van der Waals surface area contributed by atoms with Crippen LogP contribution in [0.25, 0.3) is 11.0 Å². The van der Waals surface area contributed by atoms with Gasteiger partial charge in [-0.05, 0) is 37.8 Å². The number of rotatable bonds is 4. The van der Waals surface area contributed by atoms with E-state index in [9.17, 15) is 18.0 Å². The van der Waals surface area contributed by atoms with Crippen LogP contribution in [0.4, 0.5) is 13.2 Å². The zero-order chi connectivity index (χ0) is 19.0. The van der Waals surface area contributed by atoms with Gasteiger partial charge in [-0.2, -0.15) is 18.3 Å². The molecule has 2 aromatic heterocycles. The third-order valence-corrected chi connectivity index (χ3v) is 4.78. The van der Waals surface area contributed by atoms with E-state index in [4.69, 9.17) is 4.42 Å². The molecule has 1 aromatic carbocycles. The van der Waals surface area contributed by atoms with Crippen molar-refractivity contribution in [2.75, 3.05) is 6.54 Å². The van der Waals surface area contributed by atoms with E-state index < -0.39 is 17.8 Å². The molecule has 1 N–H and O–H groups in total. The van der Waals surface area contributed by atoms with Crippen LogP contribution in [0.15, 0.2) is 34.7 Å². The summed E-state index contributed by atoms with van der Waals surface area (Å²) < 4.78 is 46.5. The van der Waals surface area contributed by atoms with Gasteiger partial charge in [0.25, 0.3) is 5.91 Å². The number of halogens is 3. The minimum atomic E-state index is -4.45. The number of para-hydroxylation sites is 1. The van der Waals surface area contributed by atoms with Gasteiger partial charge < -0.3 is 9.73 Å². The van der Waals surface area contributed by atoms with Gasteiger partial charge in [-0.25, -0.2) is 0 Å². The molecule has 27 heavy (non-hydrogen) atoms. The topological polar surface area (TPSA) is 60.1 Å². The van der Waals surface area contributed by atoms with Crippen molar-refractivity contribution in [2.24, 2.45) is 0 Å². The number of benzene rings is 1. The van der Waals surface area contributed by atoms with Gasteiger partial charge >= 0.3 is 6.18 Å². The summed E-state index contributed by atoms with van der Waals surface area (Å²) in [6.45, 7) is 0.353. The molecule has 0 bridgehead atoms. The third-order valence-electron chi connectivity index (χ3n) is 4.78. The quantitative estimate of drug-likeness (QED) is 0.749. The minimum absolute atomic E-state index is 0.168. The molecule has 0 radical (unpaired) electrons. The van der Waals surface area contributed by atoms with Crippen LogP contribution in [0, 0.1) is 0 Å². The molecule has 5 nitrogen and oxygen atoms in total. The lowest BCUT2D eigenvalue weighted by molar-refractivity contribution is -0.142. The second-order valence-electron chi connectivity index (χ2n) is 6.61. The molecular formula is C19H18F3N3O2. The van der Waals surface area contributed by atoms with Crippen LogP contribution in [-0.4, -0.2) is 22.2 Å². The average Bonchev–Trinajstić information content (AvgIpc) is 3.23. The first kappa shape index (κ1) is 17.6. The van der Waals surface area contributed by atoms with Crippen molar-refractivity contribution >= 4 is 16.9 Å². The molecule has 0 unspecified atom stereocenters. The Bertz CT molecular complexity index is 955. The third kappa shape index (κ3) is 3.43. The molecule has 0 saturated heterocycles. The number of alkyl halides is 3. The molecular weight excluding hydrogens is 359 g/mol. The Labute approximate surface area is 153 Å². The van der Waals surface area contributed by atoms with Crippen molar-refractivity contribution in [3.8, 4) is 0 Å². The molecule has 2 heterocycles. The molecule has 0 atom stereocenters. The molecule has 0 fully saturated rings. The number of aromatic nitrogens is 2. The van der Waals surface area contributed by atoms with Gasteiger partial charge in [0, 0.05) is 23.2 Å². The van der Waals surface area contributed by atoms with Crippen LogP contribution < -0.4 is 5.32 Å². The van der Waals surface area contributed by atoms with Crippen LogP contribution in [0.2, 0.25) is 0 Å². The highest BCUT2D eigenvalue weighted by atomic mass is 19.4. The first-order valence-electron chi connectivity index (χ1n) is 8.86. The summed E-state index contributed by atoms with van der Waals surface area (Å²) in [5.41, 5.74) is 0.753. The number of nitrogens with one attached hydrogen (secondary N) is 1. The summed E-state index contributed by atoms with van der Waals surface area (Å²) in [6.07, 6.45) is -1.89. The van der Waals surface area contributed by atoms with Crippen LogP contribution >= 0.6 is 0 Å². The van der Waals surface area contributed by atoms with Gasteiger partial charge in [0.05, 0.1) is 6.54 Å². The van der Waals surface area contributed by atoms with Crippen molar-refractivity contribution in [1.82, 2.24) is 15.1 Å². The van der Waals surface area contributed by atoms with Gasteiger partial charge in [-0.15, -0.1) is 0 Å². The minimum Gasteiger partial charge on any atom is -0.451 e. The fourth-order valence-corrected chi connectivity index (χ4v) is 3.54.